The maximum atomic E-state index is 6.18. The number of benzene rings is 3. The van der Waals surface area contributed by atoms with Crippen molar-refractivity contribution >= 4 is 23.8 Å². The summed E-state index contributed by atoms with van der Waals surface area (Å²) in [5.74, 6) is 2.15. The van der Waals surface area contributed by atoms with Crippen molar-refractivity contribution in [3.63, 3.8) is 0 Å². The summed E-state index contributed by atoms with van der Waals surface area (Å²) in [5.41, 5.74) is 6.18. The fourth-order valence-electron chi connectivity index (χ4n) is 3.10. The number of halogens is 1. The van der Waals surface area contributed by atoms with Gasteiger partial charge in [0.2, 0.25) is 4.77 Å². The molecule has 0 aliphatic heterocycles. The number of nitrogens with one attached hydrogen (secondary N) is 2. The normalized spacial score (nSPS) is 10.6. The van der Waals surface area contributed by atoms with E-state index < -0.39 is 0 Å². The minimum atomic E-state index is 0.420. The first kappa shape index (κ1) is 21.0. The molecule has 0 bridgehead atoms. The van der Waals surface area contributed by atoms with Crippen LogP contribution in [0.15, 0.2) is 72.8 Å². The maximum Gasteiger partial charge on any atom is 0.214 e. The van der Waals surface area contributed by atoms with E-state index in [0.717, 1.165) is 28.2 Å². The van der Waals surface area contributed by atoms with Crippen LogP contribution in [0.2, 0.25) is 5.02 Å². The SMILES string of the molecule is COc1ccccc1-c1n[nH]c(=S)n1NCc1ccc(OCc2ccccc2Cl)cc1. The maximum absolute atomic E-state index is 6.18. The summed E-state index contributed by atoms with van der Waals surface area (Å²) in [6.07, 6.45) is 0. The van der Waals surface area contributed by atoms with Gasteiger partial charge in [-0.2, -0.15) is 5.10 Å². The Bertz CT molecular complexity index is 1220. The predicted molar refractivity (Wildman–Crippen MR) is 125 cm³/mol. The van der Waals surface area contributed by atoms with Crippen LogP contribution in [0.1, 0.15) is 11.1 Å². The number of H-pyrrole nitrogens is 1. The van der Waals surface area contributed by atoms with E-state index in [2.05, 4.69) is 15.6 Å². The highest BCUT2D eigenvalue weighted by Crippen LogP contribution is 2.27. The zero-order valence-electron chi connectivity index (χ0n) is 16.8. The molecule has 6 nitrogen and oxygen atoms in total. The van der Waals surface area contributed by atoms with E-state index in [0.29, 0.717) is 28.8 Å². The zero-order valence-corrected chi connectivity index (χ0v) is 18.4. The topological polar surface area (TPSA) is 64.1 Å². The number of methoxy groups -OCH3 is 1. The molecule has 4 aromatic rings. The van der Waals surface area contributed by atoms with Crippen molar-refractivity contribution in [2.75, 3.05) is 12.5 Å². The summed E-state index contributed by atoms with van der Waals surface area (Å²) in [6.45, 7) is 0.977. The third kappa shape index (κ3) is 4.90. The van der Waals surface area contributed by atoms with Crippen LogP contribution in [0.3, 0.4) is 0 Å². The largest absolute Gasteiger partial charge is 0.496 e. The van der Waals surface area contributed by atoms with Gasteiger partial charge < -0.3 is 14.9 Å². The van der Waals surface area contributed by atoms with E-state index >= 15 is 0 Å². The Labute approximate surface area is 190 Å². The second-order valence-electron chi connectivity index (χ2n) is 6.75. The van der Waals surface area contributed by atoms with Gasteiger partial charge in [0.05, 0.1) is 19.2 Å². The fourth-order valence-corrected chi connectivity index (χ4v) is 3.49. The number of aromatic nitrogens is 3. The van der Waals surface area contributed by atoms with E-state index in [1.807, 2.05) is 72.8 Å². The zero-order chi connectivity index (χ0) is 21.6. The number of hydrogen-bond acceptors (Lipinski definition) is 5. The molecule has 1 aromatic heterocycles. The molecule has 0 amide bonds. The Kier molecular flexibility index (Phi) is 6.54. The molecule has 3 aromatic carbocycles. The summed E-state index contributed by atoms with van der Waals surface area (Å²) in [6, 6.07) is 23.2. The fraction of sp³-hybridized carbons (Fsp3) is 0.130. The summed E-state index contributed by atoms with van der Waals surface area (Å²) in [5, 5.41) is 7.89. The quantitative estimate of drug-likeness (QED) is 0.341. The summed E-state index contributed by atoms with van der Waals surface area (Å²) in [7, 11) is 1.63. The molecule has 1 heterocycles. The van der Waals surface area contributed by atoms with Gasteiger partial charge in [-0.1, -0.05) is 54.1 Å². The van der Waals surface area contributed by atoms with Gasteiger partial charge in [-0.25, -0.2) is 9.77 Å². The van der Waals surface area contributed by atoms with Gasteiger partial charge in [0.15, 0.2) is 5.82 Å². The first-order valence-corrected chi connectivity index (χ1v) is 10.4. The molecule has 4 rings (SSSR count). The van der Waals surface area contributed by atoms with Crippen molar-refractivity contribution in [1.82, 2.24) is 14.9 Å². The number of aromatic amines is 1. The van der Waals surface area contributed by atoms with Crippen LogP contribution in [0.4, 0.5) is 0 Å². The lowest BCUT2D eigenvalue weighted by molar-refractivity contribution is 0.306. The molecular weight excluding hydrogens is 432 g/mol. The van der Waals surface area contributed by atoms with Gasteiger partial charge >= 0.3 is 0 Å². The lowest BCUT2D eigenvalue weighted by atomic mass is 10.2. The molecule has 0 unspecified atom stereocenters. The number of rotatable bonds is 8. The van der Waals surface area contributed by atoms with Crippen molar-refractivity contribution in [3.05, 3.63) is 93.7 Å². The molecule has 0 saturated heterocycles. The van der Waals surface area contributed by atoms with Crippen LogP contribution in [0.25, 0.3) is 11.4 Å². The standard InChI is InChI=1S/C23H21ClN4O2S/c1-29-21-9-5-3-7-19(21)22-26-27-23(31)28(22)25-14-16-10-12-18(13-11-16)30-15-17-6-2-4-8-20(17)24/h2-13,25H,14-15H2,1H3,(H,27,31). The van der Waals surface area contributed by atoms with Crippen LogP contribution in [0.5, 0.6) is 11.5 Å². The third-order valence-electron chi connectivity index (χ3n) is 4.74. The monoisotopic (exact) mass is 452 g/mol. The minimum absolute atomic E-state index is 0.420. The second-order valence-corrected chi connectivity index (χ2v) is 7.54. The van der Waals surface area contributed by atoms with Crippen LogP contribution < -0.4 is 14.9 Å². The van der Waals surface area contributed by atoms with Crippen molar-refractivity contribution < 1.29 is 9.47 Å². The lowest BCUT2D eigenvalue weighted by Gasteiger charge is -2.13. The first-order chi connectivity index (χ1) is 15.2. The Morgan fingerprint density at radius 1 is 1.03 bits per heavy atom. The van der Waals surface area contributed by atoms with Crippen molar-refractivity contribution in [3.8, 4) is 22.9 Å². The molecule has 0 fully saturated rings. The highest BCUT2D eigenvalue weighted by molar-refractivity contribution is 7.71. The van der Waals surface area contributed by atoms with Gasteiger partial charge in [0, 0.05) is 10.6 Å². The molecule has 8 heteroatoms. The van der Waals surface area contributed by atoms with Crippen molar-refractivity contribution in [1.29, 1.82) is 0 Å². The minimum Gasteiger partial charge on any atom is -0.496 e. The van der Waals surface area contributed by atoms with E-state index in [1.165, 1.54) is 0 Å². The molecule has 0 atom stereocenters. The molecule has 0 aliphatic carbocycles. The van der Waals surface area contributed by atoms with Gasteiger partial charge in [-0.05, 0) is 48.1 Å². The Morgan fingerprint density at radius 2 is 1.77 bits per heavy atom. The van der Waals surface area contributed by atoms with Crippen LogP contribution in [-0.2, 0) is 13.2 Å². The Hall–Kier alpha value is -3.29. The number of ether oxygens (including phenoxy) is 2. The molecule has 0 radical (unpaired) electrons. The van der Waals surface area contributed by atoms with Gasteiger partial charge in [0.1, 0.15) is 18.1 Å². The van der Waals surface area contributed by atoms with Gasteiger partial charge in [-0.15, -0.1) is 0 Å². The molecule has 0 spiro atoms. The predicted octanol–water partition coefficient (Wildman–Crippen LogP) is 5.59. The Balaban J connectivity index is 1.43. The van der Waals surface area contributed by atoms with E-state index in [-0.39, 0.29) is 0 Å². The average Bonchev–Trinajstić information content (AvgIpc) is 3.18. The second kappa shape index (κ2) is 9.68. The first-order valence-electron chi connectivity index (χ1n) is 9.65. The summed E-state index contributed by atoms with van der Waals surface area (Å²) >= 11 is 11.6. The molecule has 0 saturated carbocycles. The third-order valence-corrected chi connectivity index (χ3v) is 5.38. The number of nitrogens with zero attached hydrogens (tertiary/aromatic N) is 2. The highest BCUT2D eigenvalue weighted by Gasteiger charge is 2.13. The van der Waals surface area contributed by atoms with Crippen LogP contribution in [-0.4, -0.2) is 22.0 Å². The smallest absolute Gasteiger partial charge is 0.214 e. The van der Waals surface area contributed by atoms with Gasteiger partial charge in [0.25, 0.3) is 0 Å². The van der Waals surface area contributed by atoms with Crippen LogP contribution in [0, 0.1) is 4.77 Å². The van der Waals surface area contributed by atoms with E-state index in [1.54, 1.807) is 11.8 Å². The number of para-hydroxylation sites is 1. The molecule has 0 aliphatic rings. The van der Waals surface area contributed by atoms with Crippen molar-refractivity contribution in [2.45, 2.75) is 13.2 Å². The van der Waals surface area contributed by atoms with Gasteiger partial charge in [-0.3, -0.25) is 0 Å². The molecule has 31 heavy (non-hydrogen) atoms. The highest BCUT2D eigenvalue weighted by atomic mass is 35.5. The average molecular weight is 453 g/mol. The molecular formula is C23H21ClN4O2S. The number of hydrogen-bond donors (Lipinski definition) is 2. The van der Waals surface area contributed by atoms with Crippen molar-refractivity contribution in [2.24, 2.45) is 0 Å². The Morgan fingerprint density at radius 3 is 2.55 bits per heavy atom. The molecule has 2 N–H and O–H groups in total. The summed E-state index contributed by atoms with van der Waals surface area (Å²) in [4.78, 5) is 0. The van der Waals surface area contributed by atoms with E-state index in [9.17, 15) is 0 Å². The molecule has 158 valence electrons. The van der Waals surface area contributed by atoms with Crippen LogP contribution >= 0.6 is 23.8 Å². The summed E-state index contributed by atoms with van der Waals surface area (Å²) < 4.78 is 13.5. The van der Waals surface area contributed by atoms with E-state index in [4.69, 9.17) is 33.3 Å². The lowest BCUT2D eigenvalue weighted by Crippen LogP contribution is -2.16.